The molecule has 0 spiro atoms. The van der Waals surface area contributed by atoms with Crippen molar-refractivity contribution in [1.82, 2.24) is 10.4 Å². The standard InChI is InChI=1S/C17H12ClN3O2/c18-16-13(9-12-3-1-2-4-15(12)20-16)10-19-21-17(23)11-5-7-14(22)8-6-11/h1-10,22H,(H,21,23)/b19-10+. The van der Waals surface area contributed by atoms with E-state index in [1.807, 2.05) is 30.3 Å². The molecule has 1 aromatic heterocycles. The summed E-state index contributed by atoms with van der Waals surface area (Å²) in [5.74, 6) is -0.287. The number of rotatable bonds is 3. The zero-order valence-corrected chi connectivity index (χ0v) is 12.7. The summed E-state index contributed by atoms with van der Waals surface area (Å²) in [6.45, 7) is 0. The number of nitrogens with one attached hydrogen (secondary N) is 1. The normalized spacial score (nSPS) is 11.0. The average Bonchev–Trinajstić information content (AvgIpc) is 2.56. The number of nitrogens with zero attached hydrogens (tertiary/aromatic N) is 2. The smallest absolute Gasteiger partial charge is 0.271 e. The number of amides is 1. The number of phenolic OH excluding ortho intramolecular Hbond substituents is 1. The maximum Gasteiger partial charge on any atom is 0.271 e. The lowest BCUT2D eigenvalue weighted by atomic mass is 10.2. The van der Waals surface area contributed by atoms with Gasteiger partial charge in [-0.05, 0) is 36.4 Å². The zero-order valence-electron chi connectivity index (χ0n) is 11.9. The summed E-state index contributed by atoms with van der Waals surface area (Å²) in [6, 6.07) is 15.3. The maximum atomic E-state index is 11.9. The second-order valence-electron chi connectivity index (χ2n) is 4.81. The highest BCUT2D eigenvalue weighted by Gasteiger charge is 2.05. The molecule has 5 nitrogen and oxygen atoms in total. The fourth-order valence-corrected chi connectivity index (χ4v) is 2.23. The van der Waals surface area contributed by atoms with Crippen molar-refractivity contribution in [2.45, 2.75) is 0 Å². The van der Waals surface area contributed by atoms with E-state index < -0.39 is 0 Å². The minimum Gasteiger partial charge on any atom is -0.508 e. The van der Waals surface area contributed by atoms with E-state index >= 15 is 0 Å². The topological polar surface area (TPSA) is 74.6 Å². The Kier molecular flexibility index (Phi) is 4.21. The third kappa shape index (κ3) is 3.46. The van der Waals surface area contributed by atoms with Crippen molar-refractivity contribution in [2.24, 2.45) is 5.10 Å². The van der Waals surface area contributed by atoms with Gasteiger partial charge in [-0.15, -0.1) is 0 Å². The summed E-state index contributed by atoms with van der Waals surface area (Å²) in [7, 11) is 0. The summed E-state index contributed by atoms with van der Waals surface area (Å²) in [6.07, 6.45) is 1.44. The van der Waals surface area contributed by atoms with Gasteiger partial charge < -0.3 is 5.11 Å². The van der Waals surface area contributed by atoms with Crippen LogP contribution in [0.25, 0.3) is 10.9 Å². The van der Waals surface area contributed by atoms with Gasteiger partial charge in [0.05, 0.1) is 11.7 Å². The third-order valence-electron chi connectivity index (χ3n) is 3.20. The molecule has 1 heterocycles. The Morgan fingerprint density at radius 2 is 1.91 bits per heavy atom. The lowest BCUT2D eigenvalue weighted by Gasteiger charge is -2.02. The Balaban J connectivity index is 1.76. The molecule has 0 fully saturated rings. The lowest BCUT2D eigenvalue weighted by Crippen LogP contribution is -2.17. The molecule has 23 heavy (non-hydrogen) atoms. The molecule has 1 amide bonds. The van der Waals surface area contributed by atoms with Gasteiger partial charge in [0.2, 0.25) is 0 Å². The number of aromatic hydroxyl groups is 1. The molecule has 3 rings (SSSR count). The van der Waals surface area contributed by atoms with Crippen molar-refractivity contribution in [3.63, 3.8) is 0 Å². The van der Waals surface area contributed by atoms with E-state index in [1.165, 1.54) is 30.5 Å². The first-order valence-corrected chi connectivity index (χ1v) is 7.19. The van der Waals surface area contributed by atoms with Crippen LogP contribution >= 0.6 is 11.6 Å². The molecule has 0 atom stereocenters. The summed E-state index contributed by atoms with van der Waals surface area (Å²) < 4.78 is 0. The van der Waals surface area contributed by atoms with Crippen molar-refractivity contribution in [3.05, 3.63) is 70.9 Å². The van der Waals surface area contributed by atoms with Gasteiger partial charge in [-0.2, -0.15) is 5.10 Å². The number of fused-ring (bicyclic) bond motifs is 1. The molecule has 0 aliphatic rings. The predicted octanol–water partition coefficient (Wildman–Crippen LogP) is 3.36. The molecule has 0 bridgehead atoms. The summed E-state index contributed by atoms with van der Waals surface area (Å²) in [5, 5.41) is 14.3. The van der Waals surface area contributed by atoms with Gasteiger partial charge in [-0.25, -0.2) is 10.4 Å². The predicted molar refractivity (Wildman–Crippen MR) is 89.9 cm³/mol. The number of benzene rings is 2. The second-order valence-corrected chi connectivity index (χ2v) is 5.17. The van der Waals surface area contributed by atoms with Crippen LogP contribution in [0.15, 0.2) is 59.7 Å². The number of hydrogen-bond acceptors (Lipinski definition) is 4. The Morgan fingerprint density at radius 3 is 2.70 bits per heavy atom. The van der Waals surface area contributed by atoms with Crippen LogP contribution in [-0.2, 0) is 0 Å². The van der Waals surface area contributed by atoms with Crippen molar-refractivity contribution >= 4 is 34.6 Å². The van der Waals surface area contributed by atoms with Gasteiger partial charge >= 0.3 is 0 Å². The molecular formula is C17H12ClN3O2. The van der Waals surface area contributed by atoms with Crippen molar-refractivity contribution in [3.8, 4) is 5.75 Å². The quantitative estimate of drug-likeness (QED) is 0.440. The number of pyridine rings is 1. The molecule has 2 N–H and O–H groups in total. The first kappa shape index (κ1) is 15.0. The van der Waals surface area contributed by atoms with E-state index in [1.54, 1.807) is 0 Å². The van der Waals surface area contributed by atoms with Crippen LogP contribution in [0.5, 0.6) is 5.75 Å². The van der Waals surface area contributed by atoms with Crippen LogP contribution in [0.2, 0.25) is 5.15 Å². The van der Waals surface area contributed by atoms with E-state index in [4.69, 9.17) is 11.6 Å². The first-order chi connectivity index (χ1) is 11.1. The average molecular weight is 326 g/mol. The lowest BCUT2D eigenvalue weighted by molar-refractivity contribution is 0.0955. The Hall–Kier alpha value is -2.92. The number of hydrogen-bond donors (Lipinski definition) is 2. The Labute approximate surface area is 137 Å². The third-order valence-corrected chi connectivity index (χ3v) is 3.51. The fourth-order valence-electron chi connectivity index (χ4n) is 2.04. The number of carbonyl (C=O) groups excluding carboxylic acids is 1. The largest absolute Gasteiger partial charge is 0.508 e. The second kappa shape index (κ2) is 6.46. The monoisotopic (exact) mass is 325 g/mol. The van der Waals surface area contributed by atoms with E-state index in [9.17, 15) is 9.90 Å². The van der Waals surface area contributed by atoms with E-state index in [2.05, 4.69) is 15.5 Å². The summed E-state index contributed by atoms with van der Waals surface area (Å²) in [5.41, 5.74) is 4.20. The van der Waals surface area contributed by atoms with Crippen LogP contribution in [0, 0.1) is 0 Å². The molecule has 0 aliphatic carbocycles. The summed E-state index contributed by atoms with van der Waals surface area (Å²) in [4.78, 5) is 16.2. The van der Waals surface area contributed by atoms with Gasteiger partial charge in [0, 0.05) is 16.5 Å². The number of para-hydroxylation sites is 1. The molecule has 0 saturated heterocycles. The van der Waals surface area contributed by atoms with Crippen molar-refractivity contribution in [1.29, 1.82) is 0 Å². The van der Waals surface area contributed by atoms with Crippen molar-refractivity contribution < 1.29 is 9.90 Å². The van der Waals surface area contributed by atoms with Gasteiger partial charge in [0.1, 0.15) is 10.9 Å². The number of halogens is 1. The minimum atomic E-state index is -0.383. The molecule has 0 aliphatic heterocycles. The van der Waals surface area contributed by atoms with Gasteiger partial charge in [-0.1, -0.05) is 29.8 Å². The maximum absolute atomic E-state index is 11.9. The van der Waals surface area contributed by atoms with Crippen LogP contribution in [0.4, 0.5) is 0 Å². The first-order valence-electron chi connectivity index (χ1n) is 6.81. The van der Waals surface area contributed by atoms with Gasteiger partial charge in [0.25, 0.3) is 5.91 Å². The minimum absolute atomic E-state index is 0.0964. The highest BCUT2D eigenvalue weighted by atomic mass is 35.5. The number of carbonyl (C=O) groups is 1. The number of phenols is 1. The molecule has 0 saturated carbocycles. The Bertz CT molecular complexity index is 892. The van der Waals surface area contributed by atoms with E-state index in [-0.39, 0.29) is 11.7 Å². The van der Waals surface area contributed by atoms with Gasteiger partial charge in [0.15, 0.2) is 0 Å². The van der Waals surface area contributed by atoms with E-state index in [0.29, 0.717) is 16.3 Å². The molecule has 6 heteroatoms. The molecule has 0 radical (unpaired) electrons. The molecule has 0 unspecified atom stereocenters. The van der Waals surface area contributed by atoms with Crippen LogP contribution in [-0.4, -0.2) is 22.2 Å². The van der Waals surface area contributed by atoms with E-state index in [0.717, 1.165) is 10.9 Å². The Morgan fingerprint density at radius 1 is 1.17 bits per heavy atom. The highest BCUT2D eigenvalue weighted by Crippen LogP contribution is 2.18. The van der Waals surface area contributed by atoms with Crippen LogP contribution < -0.4 is 5.43 Å². The molecular weight excluding hydrogens is 314 g/mol. The summed E-state index contributed by atoms with van der Waals surface area (Å²) >= 11 is 6.11. The highest BCUT2D eigenvalue weighted by molar-refractivity contribution is 6.32. The van der Waals surface area contributed by atoms with Crippen LogP contribution in [0.1, 0.15) is 15.9 Å². The molecule has 114 valence electrons. The molecule has 2 aromatic carbocycles. The van der Waals surface area contributed by atoms with Crippen molar-refractivity contribution in [2.75, 3.05) is 0 Å². The molecule has 3 aromatic rings. The van der Waals surface area contributed by atoms with Crippen LogP contribution in [0.3, 0.4) is 0 Å². The number of hydrazone groups is 1. The fraction of sp³-hybridized carbons (Fsp3) is 0. The number of aromatic nitrogens is 1. The zero-order chi connectivity index (χ0) is 16.2. The SMILES string of the molecule is O=C(N/N=C/c1cc2ccccc2nc1Cl)c1ccc(O)cc1. The van der Waals surface area contributed by atoms with Gasteiger partial charge in [-0.3, -0.25) is 4.79 Å².